The fourth-order valence-electron chi connectivity index (χ4n) is 1.55. The van der Waals surface area contributed by atoms with E-state index in [1.54, 1.807) is 6.07 Å². The van der Waals surface area contributed by atoms with Gasteiger partial charge in [-0.25, -0.2) is 0 Å². The summed E-state index contributed by atoms with van der Waals surface area (Å²) in [5.41, 5.74) is 1.86. The van der Waals surface area contributed by atoms with Crippen molar-refractivity contribution in [3.8, 4) is 11.5 Å². The third-order valence-corrected chi connectivity index (χ3v) is 2.25. The van der Waals surface area contributed by atoms with E-state index in [4.69, 9.17) is 9.47 Å². The molecular formula is C9H6O3. The number of ketones is 1. The van der Waals surface area contributed by atoms with Gasteiger partial charge in [-0.2, -0.15) is 0 Å². The summed E-state index contributed by atoms with van der Waals surface area (Å²) >= 11 is 0. The molecule has 0 bridgehead atoms. The van der Waals surface area contributed by atoms with Crippen LogP contribution >= 0.6 is 0 Å². The van der Waals surface area contributed by atoms with Gasteiger partial charge in [0.05, 0.1) is 0 Å². The van der Waals surface area contributed by atoms with E-state index in [1.165, 1.54) is 0 Å². The average molecular weight is 162 g/mol. The first-order valence-electron chi connectivity index (χ1n) is 3.80. The zero-order valence-electron chi connectivity index (χ0n) is 6.29. The zero-order valence-corrected chi connectivity index (χ0v) is 6.29. The van der Waals surface area contributed by atoms with E-state index in [1.807, 2.05) is 6.07 Å². The Morgan fingerprint density at radius 1 is 1.17 bits per heavy atom. The molecular weight excluding hydrogens is 156 g/mol. The van der Waals surface area contributed by atoms with Crippen molar-refractivity contribution in [2.45, 2.75) is 6.42 Å². The minimum absolute atomic E-state index is 0.198. The molecule has 0 aromatic heterocycles. The van der Waals surface area contributed by atoms with Crippen molar-refractivity contribution in [1.29, 1.82) is 0 Å². The topological polar surface area (TPSA) is 35.5 Å². The molecule has 0 saturated carbocycles. The molecule has 1 aliphatic heterocycles. The number of benzene rings is 1. The molecule has 1 aliphatic carbocycles. The Kier molecular flexibility index (Phi) is 0.909. The van der Waals surface area contributed by atoms with Gasteiger partial charge in [0.15, 0.2) is 17.3 Å². The lowest BCUT2D eigenvalue weighted by atomic mass is 9.87. The van der Waals surface area contributed by atoms with Crippen LogP contribution in [0.4, 0.5) is 0 Å². The molecule has 0 atom stereocenters. The molecule has 0 N–H and O–H groups in total. The molecule has 1 aromatic carbocycles. The molecule has 0 unspecified atom stereocenters. The Bertz CT molecular complexity index is 382. The largest absolute Gasteiger partial charge is 0.454 e. The van der Waals surface area contributed by atoms with E-state index in [-0.39, 0.29) is 12.6 Å². The summed E-state index contributed by atoms with van der Waals surface area (Å²) in [4.78, 5) is 11.0. The molecule has 3 nitrogen and oxygen atoms in total. The van der Waals surface area contributed by atoms with Crippen LogP contribution in [0.1, 0.15) is 15.9 Å². The second kappa shape index (κ2) is 1.80. The average Bonchev–Trinajstić information content (AvgIpc) is 2.49. The van der Waals surface area contributed by atoms with Crippen molar-refractivity contribution in [3.05, 3.63) is 23.3 Å². The summed E-state index contributed by atoms with van der Waals surface area (Å²) < 4.78 is 10.3. The highest BCUT2D eigenvalue weighted by Gasteiger charge is 2.27. The minimum atomic E-state index is 0.198. The number of hydrogen-bond acceptors (Lipinski definition) is 3. The second-order valence-electron chi connectivity index (χ2n) is 2.96. The fraction of sp³-hybridized carbons (Fsp3) is 0.222. The summed E-state index contributed by atoms with van der Waals surface area (Å²) in [6, 6.07) is 3.66. The van der Waals surface area contributed by atoms with Crippen LogP contribution in [-0.4, -0.2) is 12.6 Å². The van der Waals surface area contributed by atoms with Gasteiger partial charge >= 0.3 is 0 Å². The molecule has 60 valence electrons. The maximum Gasteiger partial charge on any atom is 0.231 e. The Hall–Kier alpha value is -1.51. The molecule has 0 fully saturated rings. The van der Waals surface area contributed by atoms with Gasteiger partial charge in [-0.3, -0.25) is 4.79 Å². The minimum Gasteiger partial charge on any atom is -0.454 e. The molecule has 0 spiro atoms. The van der Waals surface area contributed by atoms with Crippen LogP contribution in [0.2, 0.25) is 0 Å². The van der Waals surface area contributed by atoms with E-state index in [2.05, 4.69) is 0 Å². The number of hydrogen-bond donors (Lipinski definition) is 0. The first-order valence-corrected chi connectivity index (χ1v) is 3.80. The zero-order chi connectivity index (χ0) is 8.13. The SMILES string of the molecule is O=C1Cc2cc3c(cc21)OCO3. The second-order valence-corrected chi connectivity index (χ2v) is 2.96. The van der Waals surface area contributed by atoms with Gasteiger partial charge in [0.25, 0.3) is 0 Å². The van der Waals surface area contributed by atoms with Crippen LogP contribution in [0.15, 0.2) is 12.1 Å². The summed E-state index contributed by atoms with van der Waals surface area (Å²) in [5, 5.41) is 0. The van der Waals surface area contributed by atoms with Crippen LogP contribution in [0.5, 0.6) is 11.5 Å². The number of carbonyl (C=O) groups is 1. The van der Waals surface area contributed by atoms with E-state index in [0.29, 0.717) is 12.2 Å². The van der Waals surface area contributed by atoms with Crippen LogP contribution in [-0.2, 0) is 6.42 Å². The van der Waals surface area contributed by atoms with Crippen molar-refractivity contribution in [2.24, 2.45) is 0 Å². The van der Waals surface area contributed by atoms with Gasteiger partial charge in [0.1, 0.15) is 0 Å². The van der Waals surface area contributed by atoms with E-state index >= 15 is 0 Å². The molecule has 1 aromatic rings. The van der Waals surface area contributed by atoms with Gasteiger partial charge in [-0.05, 0) is 17.7 Å². The summed E-state index contributed by atoms with van der Waals surface area (Å²) in [6.07, 6.45) is 0.548. The first-order chi connectivity index (χ1) is 5.84. The maximum absolute atomic E-state index is 11.0. The number of ether oxygens (including phenoxy) is 2. The van der Waals surface area contributed by atoms with Gasteiger partial charge in [-0.1, -0.05) is 0 Å². The first kappa shape index (κ1) is 6.06. The quantitative estimate of drug-likeness (QED) is 0.574. The van der Waals surface area contributed by atoms with Crippen molar-refractivity contribution < 1.29 is 14.3 Å². The summed E-state index contributed by atoms with van der Waals surface area (Å²) in [5.74, 6) is 1.66. The lowest BCUT2D eigenvalue weighted by Gasteiger charge is -2.16. The smallest absolute Gasteiger partial charge is 0.231 e. The predicted octanol–water partition coefficient (Wildman–Crippen LogP) is 1.15. The Labute approximate surface area is 68.9 Å². The van der Waals surface area contributed by atoms with E-state index in [9.17, 15) is 4.79 Å². The predicted molar refractivity (Wildman–Crippen MR) is 40.6 cm³/mol. The number of Topliss-reactive ketones (excluding diaryl/α,β-unsaturated/α-hetero) is 1. The molecule has 2 aliphatic rings. The Balaban J connectivity index is 2.23. The van der Waals surface area contributed by atoms with E-state index < -0.39 is 0 Å². The third-order valence-electron chi connectivity index (χ3n) is 2.25. The number of carbonyl (C=O) groups excluding carboxylic acids is 1. The summed E-state index contributed by atoms with van der Waals surface area (Å²) in [7, 11) is 0. The normalized spacial score (nSPS) is 17.2. The van der Waals surface area contributed by atoms with Crippen LogP contribution in [0, 0.1) is 0 Å². The van der Waals surface area contributed by atoms with Crippen molar-refractivity contribution in [3.63, 3.8) is 0 Å². The number of fused-ring (bicyclic) bond motifs is 2. The highest BCUT2D eigenvalue weighted by Crippen LogP contribution is 2.38. The molecule has 12 heavy (non-hydrogen) atoms. The Morgan fingerprint density at radius 3 is 2.67 bits per heavy atom. The molecule has 0 amide bonds. The highest BCUT2D eigenvalue weighted by molar-refractivity contribution is 6.07. The monoisotopic (exact) mass is 162 g/mol. The third kappa shape index (κ3) is 0.587. The standard InChI is InChI=1S/C9H6O3/c10-7-1-5-2-8-9(3-6(5)7)12-4-11-8/h2-3H,1,4H2. The van der Waals surface area contributed by atoms with E-state index in [0.717, 1.165) is 16.9 Å². The van der Waals surface area contributed by atoms with Crippen molar-refractivity contribution >= 4 is 5.78 Å². The molecule has 3 rings (SSSR count). The lowest BCUT2D eigenvalue weighted by molar-refractivity contribution is 0.0967. The molecule has 3 heteroatoms. The lowest BCUT2D eigenvalue weighted by Crippen LogP contribution is -2.18. The van der Waals surface area contributed by atoms with Gasteiger partial charge in [0, 0.05) is 12.0 Å². The van der Waals surface area contributed by atoms with Crippen LogP contribution in [0.3, 0.4) is 0 Å². The summed E-state index contributed by atoms with van der Waals surface area (Å²) in [6.45, 7) is 0.270. The maximum atomic E-state index is 11.0. The van der Waals surface area contributed by atoms with Gasteiger partial charge in [-0.15, -0.1) is 0 Å². The van der Waals surface area contributed by atoms with Crippen LogP contribution < -0.4 is 9.47 Å². The van der Waals surface area contributed by atoms with Crippen LogP contribution in [0.25, 0.3) is 0 Å². The van der Waals surface area contributed by atoms with Crippen molar-refractivity contribution in [1.82, 2.24) is 0 Å². The highest BCUT2D eigenvalue weighted by atomic mass is 16.7. The van der Waals surface area contributed by atoms with Crippen molar-refractivity contribution in [2.75, 3.05) is 6.79 Å². The number of rotatable bonds is 0. The Morgan fingerprint density at radius 2 is 1.92 bits per heavy atom. The molecule has 1 heterocycles. The van der Waals surface area contributed by atoms with Gasteiger partial charge in [0.2, 0.25) is 6.79 Å². The molecule has 0 saturated heterocycles. The molecule has 0 radical (unpaired) electrons. The van der Waals surface area contributed by atoms with Gasteiger partial charge < -0.3 is 9.47 Å². The fourth-order valence-corrected chi connectivity index (χ4v) is 1.55.